The zero-order valence-corrected chi connectivity index (χ0v) is 21.9. The minimum absolute atomic E-state index is 0.0533. The molecule has 5 aliphatic rings. The van der Waals surface area contributed by atoms with Crippen LogP contribution in [0.25, 0.3) is 0 Å². The van der Waals surface area contributed by atoms with Gasteiger partial charge in [-0.05, 0) is 114 Å². The summed E-state index contributed by atoms with van der Waals surface area (Å²) in [6.45, 7) is 20.4. The molecule has 5 aliphatic carbocycles. The third kappa shape index (κ3) is 2.77. The van der Waals surface area contributed by atoms with Crippen LogP contribution in [0.4, 0.5) is 0 Å². The predicted octanol–water partition coefficient (Wildman–Crippen LogP) is 8.17. The number of rotatable bonds is 0. The summed E-state index contributed by atoms with van der Waals surface area (Å²) >= 11 is 0. The molecule has 1 N–H and O–H groups in total. The maximum Gasteiger partial charge on any atom is 0.0594 e. The molecule has 0 spiro atoms. The highest BCUT2D eigenvalue weighted by Gasteiger charge is 2.67. The number of aliphatic hydroxyl groups is 1. The van der Waals surface area contributed by atoms with Crippen LogP contribution in [0, 0.1) is 50.2 Å². The van der Waals surface area contributed by atoms with Crippen LogP contribution < -0.4 is 0 Å². The third-order valence-electron chi connectivity index (χ3n) is 13.0. The van der Waals surface area contributed by atoms with E-state index >= 15 is 0 Å². The molecule has 1 heteroatoms. The van der Waals surface area contributed by atoms with Crippen molar-refractivity contribution in [3.05, 3.63) is 11.6 Å². The van der Waals surface area contributed by atoms with Gasteiger partial charge in [-0.25, -0.2) is 0 Å². The van der Waals surface area contributed by atoms with Gasteiger partial charge in [0.15, 0.2) is 0 Å². The smallest absolute Gasteiger partial charge is 0.0594 e. The lowest BCUT2D eigenvalue weighted by Gasteiger charge is -2.71. The summed E-state index contributed by atoms with van der Waals surface area (Å²) in [4.78, 5) is 0. The zero-order valence-electron chi connectivity index (χ0n) is 21.9. The van der Waals surface area contributed by atoms with E-state index in [4.69, 9.17) is 0 Å². The van der Waals surface area contributed by atoms with Gasteiger partial charge in [0.25, 0.3) is 0 Å². The lowest BCUT2D eigenvalue weighted by molar-refractivity contribution is -0.202. The standard InChI is InChI=1S/C30H50O/c1-25(2)15-16-27(5)17-18-29(7)20(21(27)19-25)9-10-23-28(6)13-12-24(31)26(3,4)22(28)11-14-30(23,29)8/h9,21-24,31H,10-19H2,1-8H3/t21-,22+,23-,24-,27-,28-,29-,30-/m1/s1. The quantitative estimate of drug-likeness (QED) is 0.387. The van der Waals surface area contributed by atoms with Crippen molar-refractivity contribution < 1.29 is 5.11 Å². The van der Waals surface area contributed by atoms with Gasteiger partial charge in [-0.2, -0.15) is 0 Å². The van der Waals surface area contributed by atoms with Gasteiger partial charge < -0.3 is 5.11 Å². The fraction of sp³-hybridized carbons (Fsp3) is 0.933. The van der Waals surface area contributed by atoms with E-state index in [0.717, 1.165) is 18.3 Å². The molecule has 1 nitrogen and oxygen atoms in total. The second-order valence-electron chi connectivity index (χ2n) is 15.2. The second-order valence-corrected chi connectivity index (χ2v) is 15.2. The molecule has 4 saturated carbocycles. The van der Waals surface area contributed by atoms with E-state index in [1.807, 2.05) is 5.57 Å². The van der Waals surface area contributed by atoms with E-state index in [1.165, 1.54) is 57.8 Å². The SMILES string of the molecule is CC1(C)CC[C@]2(C)CC[C@]3(C)C(=CC[C@@H]4[C@]5(C)CC[C@@H](O)C(C)(C)[C@@H]5CC[C@]43C)[C@H]2C1. The molecule has 5 rings (SSSR count). The molecular formula is C30H50O. The van der Waals surface area contributed by atoms with E-state index in [9.17, 15) is 5.11 Å². The van der Waals surface area contributed by atoms with Gasteiger partial charge in [0.1, 0.15) is 0 Å². The predicted molar refractivity (Wildman–Crippen MR) is 131 cm³/mol. The Labute approximate surface area is 192 Å². The first-order chi connectivity index (χ1) is 14.2. The molecule has 8 atom stereocenters. The largest absolute Gasteiger partial charge is 0.393 e. The van der Waals surface area contributed by atoms with Gasteiger partial charge in [-0.3, -0.25) is 0 Å². The second kappa shape index (κ2) is 6.43. The molecule has 0 aromatic rings. The molecule has 0 aromatic heterocycles. The van der Waals surface area contributed by atoms with Crippen molar-refractivity contribution >= 4 is 0 Å². The van der Waals surface area contributed by atoms with Gasteiger partial charge in [0, 0.05) is 0 Å². The van der Waals surface area contributed by atoms with Gasteiger partial charge in [-0.15, -0.1) is 0 Å². The summed E-state index contributed by atoms with van der Waals surface area (Å²) in [5, 5.41) is 10.9. The number of hydrogen-bond acceptors (Lipinski definition) is 1. The van der Waals surface area contributed by atoms with Crippen LogP contribution in [0.2, 0.25) is 0 Å². The first-order valence-electron chi connectivity index (χ1n) is 13.6. The number of aliphatic hydroxyl groups excluding tert-OH is 1. The van der Waals surface area contributed by atoms with E-state index in [-0.39, 0.29) is 11.5 Å². The Morgan fingerprint density at radius 2 is 1.45 bits per heavy atom. The number of fused-ring (bicyclic) bond motifs is 7. The molecule has 0 bridgehead atoms. The van der Waals surface area contributed by atoms with Crippen molar-refractivity contribution in [3.63, 3.8) is 0 Å². The highest BCUT2D eigenvalue weighted by Crippen LogP contribution is 2.75. The Morgan fingerprint density at radius 3 is 2.16 bits per heavy atom. The highest BCUT2D eigenvalue weighted by atomic mass is 16.3. The van der Waals surface area contributed by atoms with Crippen LogP contribution >= 0.6 is 0 Å². The van der Waals surface area contributed by atoms with E-state index in [2.05, 4.69) is 61.5 Å². The molecule has 0 unspecified atom stereocenters. The summed E-state index contributed by atoms with van der Waals surface area (Å²) in [7, 11) is 0. The Kier molecular flexibility index (Phi) is 4.66. The fourth-order valence-corrected chi connectivity index (χ4v) is 10.5. The van der Waals surface area contributed by atoms with Crippen LogP contribution in [0.5, 0.6) is 0 Å². The molecule has 0 aliphatic heterocycles. The zero-order chi connectivity index (χ0) is 22.7. The number of allylic oxidation sites excluding steroid dienone is 2. The van der Waals surface area contributed by atoms with Gasteiger partial charge in [-0.1, -0.05) is 67.0 Å². The Hall–Kier alpha value is -0.300. The van der Waals surface area contributed by atoms with Crippen LogP contribution in [-0.4, -0.2) is 11.2 Å². The van der Waals surface area contributed by atoms with Crippen LogP contribution in [0.15, 0.2) is 11.6 Å². The molecular weight excluding hydrogens is 376 g/mol. The van der Waals surface area contributed by atoms with Crippen LogP contribution in [0.1, 0.15) is 120 Å². The van der Waals surface area contributed by atoms with Crippen molar-refractivity contribution in [3.8, 4) is 0 Å². The minimum atomic E-state index is -0.125. The molecule has 0 saturated heterocycles. The normalized spacial score (nSPS) is 55.2. The maximum atomic E-state index is 10.9. The van der Waals surface area contributed by atoms with Crippen LogP contribution in [0.3, 0.4) is 0 Å². The lowest BCUT2D eigenvalue weighted by Crippen LogP contribution is -2.64. The summed E-state index contributed by atoms with van der Waals surface area (Å²) in [5.41, 5.74) is 4.09. The Balaban J connectivity index is 1.57. The van der Waals surface area contributed by atoms with E-state index < -0.39 is 0 Å². The fourth-order valence-electron chi connectivity index (χ4n) is 10.5. The molecule has 0 aromatic carbocycles. The van der Waals surface area contributed by atoms with Gasteiger partial charge >= 0.3 is 0 Å². The molecule has 4 fully saturated rings. The average molecular weight is 427 g/mol. The maximum absolute atomic E-state index is 10.9. The monoisotopic (exact) mass is 426 g/mol. The third-order valence-corrected chi connectivity index (χ3v) is 13.0. The van der Waals surface area contributed by atoms with Gasteiger partial charge in [0.05, 0.1) is 6.10 Å². The minimum Gasteiger partial charge on any atom is -0.393 e. The Morgan fingerprint density at radius 1 is 0.774 bits per heavy atom. The van der Waals surface area contributed by atoms with Crippen molar-refractivity contribution in [1.82, 2.24) is 0 Å². The molecule has 31 heavy (non-hydrogen) atoms. The molecule has 0 heterocycles. The molecule has 0 amide bonds. The first kappa shape index (κ1) is 22.5. The number of hydrogen-bond donors (Lipinski definition) is 1. The van der Waals surface area contributed by atoms with E-state index in [1.54, 1.807) is 0 Å². The molecule has 176 valence electrons. The average Bonchev–Trinajstić information content (AvgIpc) is 2.67. The topological polar surface area (TPSA) is 20.2 Å². The molecule has 0 radical (unpaired) electrons. The Bertz CT molecular complexity index is 790. The van der Waals surface area contributed by atoms with E-state index in [0.29, 0.717) is 33.0 Å². The summed E-state index contributed by atoms with van der Waals surface area (Å²) in [5.74, 6) is 2.21. The summed E-state index contributed by atoms with van der Waals surface area (Å²) in [6, 6.07) is 0. The van der Waals surface area contributed by atoms with Crippen LogP contribution in [-0.2, 0) is 0 Å². The summed E-state index contributed by atoms with van der Waals surface area (Å²) < 4.78 is 0. The lowest BCUT2D eigenvalue weighted by atomic mass is 9.33. The summed E-state index contributed by atoms with van der Waals surface area (Å²) in [6.07, 6.45) is 15.9. The highest BCUT2D eigenvalue weighted by molar-refractivity contribution is 5.33. The van der Waals surface area contributed by atoms with Crippen molar-refractivity contribution in [2.45, 2.75) is 126 Å². The van der Waals surface area contributed by atoms with Crippen molar-refractivity contribution in [2.24, 2.45) is 50.2 Å². The van der Waals surface area contributed by atoms with Crippen molar-refractivity contribution in [1.29, 1.82) is 0 Å². The van der Waals surface area contributed by atoms with Crippen molar-refractivity contribution in [2.75, 3.05) is 0 Å². The van der Waals surface area contributed by atoms with Gasteiger partial charge in [0.2, 0.25) is 0 Å². The first-order valence-corrected chi connectivity index (χ1v) is 13.6.